The van der Waals surface area contributed by atoms with E-state index in [1.54, 1.807) is 0 Å². The van der Waals surface area contributed by atoms with Crippen molar-refractivity contribution in [2.24, 2.45) is 0 Å². The summed E-state index contributed by atoms with van der Waals surface area (Å²) in [6.07, 6.45) is 0.644. The molecule has 1 heterocycles. The van der Waals surface area contributed by atoms with Gasteiger partial charge < -0.3 is 14.8 Å². The third-order valence-electron chi connectivity index (χ3n) is 3.82. The van der Waals surface area contributed by atoms with Crippen molar-refractivity contribution in [1.82, 2.24) is 9.55 Å². The number of imidazole rings is 1. The molecule has 0 saturated carbocycles. The van der Waals surface area contributed by atoms with Gasteiger partial charge in [-0.3, -0.25) is 4.79 Å². The molecule has 3 rings (SSSR count). The summed E-state index contributed by atoms with van der Waals surface area (Å²) < 4.78 is 2.00. The number of aliphatic hydroxyl groups is 1. The standard InChI is InChI=1S/C18H18N2O3/c21-12-11-20-16-4-2-1-3-15(16)19-18(20)14-8-5-13(6-9-14)7-10-17(22)23/h1-6,8-9,21H,7,10-12H2,(H,22,23). The van der Waals surface area contributed by atoms with E-state index < -0.39 is 5.97 Å². The lowest BCUT2D eigenvalue weighted by Crippen LogP contribution is -2.04. The molecule has 2 N–H and O–H groups in total. The second kappa shape index (κ2) is 6.62. The number of aliphatic hydroxyl groups excluding tert-OH is 1. The van der Waals surface area contributed by atoms with E-state index in [0.717, 1.165) is 28.0 Å². The molecule has 0 aliphatic carbocycles. The van der Waals surface area contributed by atoms with Crippen LogP contribution in [0.25, 0.3) is 22.4 Å². The Hall–Kier alpha value is -2.66. The zero-order valence-corrected chi connectivity index (χ0v) is 12.6. The second-order valence-corrected chi connectivity index (χ2v) is 5.39. The molecule has 3 aromatic rings. The second-order valence-electron chi connectivity index (χ2n) is 5.39. The van der Waals surface area contributed by atoms with Gasteiger partial charge in [0.1, 0.15) is 5.82 Å². The summed E-state index contributed by atoms with van der Waals surface area (Å²) in [6, 6.07) is 15.6. The lowest BCUT2D eigenvalue weighted by Gasteiger charge is -2.08. The van der Waals surface area contributed by atoms with E-state index in [2.05, 4.69) is 4.98 Å². The summed E-state index contributed by atoms with van der Waals surface area (Å²) in [4.78, 5) is 15.3. The SMILES string of the molecule is O=C(O)CCc1ccc(-c2nc3ccccc3n2CCO)cc1. The Morgan fingerprint density at radius 2 is 1.83 bits per heavy atom. The van der Waals surface area contributed by atoms with Crippen LogP contribution < -0.4 is 0 Å². The lowest BCUT2D eigenvalue weighted by molar-refractivity contribution is -0.136. The fraction of sp³-hybridized carbons (Fsp3) is 0.222. The van der Waals surface area contributed by atoms with E-state index in [1.807, 2.05) is 53.1 Å². The van der Waals surface area contributed by atoms with Crippen molar-refractivity contribution in [3.8, 4) is 11.4 Å². The number of rotatable bonds is 6. The monoisotopic (exact) mass is 310 g/mol. The summed E-state index contributed by atoms with van der Waals surface area (Å²) in [5, 5.41) is 18.1. The van der Waals surface area contributed by atoms with Gasteiger partial charge in [0.15, 0.2) is 0 Å². The highest BCUT2D eigenvalue weighted by Gasteiger charge is 2.12. The molecule has 0 unspecified atom stereocenters. The summed E-state index contributed by atoms with van der Waals surface area (Å²) in [5.41, 5.74) is 3.83. The Morgan fingerprint density at radius 1 is 1.09 bits per heavy atom. The minimum Gasteiger partial charge on any atom is -0.481 e. The molecule has 0 amide bonds. The highest BCUT2D eigenvalue weighted by atomic mass is 16.4. The number of carboxylic acid groups (broad SMARTS) is 1. The smallest absolute Gasteiger partial charge is 0.303 e. The number of aromatic nitrogens is 2. The summed E-state index contributed by atoms with van der Waals surface area (Å²) >= 11 is 0. The van der Waals surface area contributed by atoms with Crippen LogP contribution in [0.15, 0.2) is 48.5 Å². The van der Waals surface area contributed by atoms with Crippen molar-refractivity contribution in [3.05, 3.63) is 54.1 Å². The molecule has 0 bridgehead atoms. The zero-order valence-electron chi connectivity index (χ0n) is 12.6. The number of carbonyl (C=O) groups is 1. The van der Waals surface area contributed by atoms with E-state index in [-0.39, 0.29) is 13.0 Å². The highest BCUT2D eigenvalue weighted by Crippen LogP contribution is 2.25. The number of nitrogens with zero attached hydrogens (tertiary/aromatic N) is 2. The molecule has 2 aromatic carbocycles. The minimum absolute atomic E-state index is 0.0457. The summed E-state index contributed by atoms with van der Waals surface area (Å²) in [6.45, 7) is 0.528. The van der Waals surface area contributed by atoms with Crippen molar-refractivity contribution >= 4 is 17.0 Å². The maximum absolute atomic E-state index is 10.6. The van der Waals surface area contributed by atoms with E-state index in [1.165, 1.54) is 0 Å². The fourth-order valence-corrected chi connectivity index (χ4v) is 2.69. The average Bonchev–Trinajstić information content (AvgIpc) is 2.93. The van der Waals surface area contributed by atoms with E-state index >= 15 is 0 Å². The maximum Gasteiger partial charge on any atom is 0.303 e. The number of hydrogen-bond acceptors (Lipinski definition) is 3. The van der Waals surface area contributed by atoms with Gasteiger partial charge in [-0.2, -0.15) is 0 Å². The zero-order chi connectivity index (χ0) is 16.2. The Balaban J connectivity index is 1.96. The van der Waals surface area contributed by atoms with Crippen molar-refractivity contribution in [2.45, 2.75) is 19.4 Å². The average molecular weight is 310 g/mol. The van der Waals surface area contributed by atoms with Gasteiger partial charge in [-0.05, 0) is 24.1 Å². The number of fused-ring (bicyclic) bond motifs is 1. The number of benzene rings is 2. The van der Waals surface area contributed by atoms with Gasteiger partial charge in [-0.1, -0.05) is 36.4 Å². The highest BCUT2D eigenvalue weighted by molar-refractivity contribution is 5.80. The third kappa shape index (κ3) is 3.24. The topological polar surface area (TPSA) is 75.3 Å². The van der Waals surface area contributed by atoms with Gasteiger partial charge in [0, 0.05) is 18.5 Å². The van der Waals surface area contributed by atoms with Gasteiger partial charge in [0.05, 0.1) is 17.6 Å². The number of para-hydroxylation sites is 2. The fourth-order valence-electron chi connectivity index (χ4n) is 2.69. The molecule has 5 nitrogen and oxygen atoms in total. The van der Waals surface area contributed by atoms with Crippen molar-refractivity contribution in [1.29, 1.82) is 0 Å². The van der Waals surface area contributed by atoms with Crippen molar-refractivity contribution in [3.63, 3.8) is 0 Å². The molecule has 0 radical (unpaired) electrons. The first kappa shape index (κ1) is 15.2. The summed E-state index contributed by atoms with van der Waals surface area (Å²) in [7, 11) is 0. The van der Waals surface area contributed by atoms with E-state index in [0.29, 0.717) is 13.0 Å². The van der Waals surface area contributed by atoms with E-state index in [9.17, 15) is 9.90 Å². The Kier molecular flexibility index (Phi) is 4.39. The quantitative estimate of drug-likeness (QED) is 0.734. The van der Waals surface area contributed by atoms with Crippen LogP contribution in [0.1, 0.15) is 12.0 Å². The molecule has 0 aliphatic rings. The molecule has 5 heteroatoms. The Bertz CT molecular complexity index is 822. The number of carboxylic acids is 1. The molecule has 0 atom stereocenters. The number of aliphatic carboxylic acids is 1. The van der Waals surface area contributed by atoms with Crippen LogP contribution in [-0.4, -0.2) is 32.3 Å². The van der Waals surface area contributed by atoms with Gasteiger partial charge in [-0.15, -0.1) is 0 Å². The van der Waals surface area contributed by atoms with Crippen molar-refractivity contribution in [2.75, 3.05) is 6.61 Å². The lowest BCUT2D eigenvalue weighted by atomic mass is 10.1. The first-order chi connectivity index (χ1) is 11.2. The first-order valence-corrected chi connectivity index (χ1v) is 7.56. The van der Waals surface area contributed by atoms with Gasteiger partial charge in [-0.25, -0.2) is 4.98 Å². The predicted octanol–water partition coefficient (Wildman–Crippen LogP) is 2.71. The maximum atomic E-state index is 10.6. The Morgan fingerprint density at radius 3 is 2.52 bits per heavy atom. The summed E-state index contributed by atoms with van der Waals surface area (Å²) in [5.74, 6) is 0.0175. The number of aryl methyl sites for hydroxylation is 1. The van der Waals surface area contributed by atoms with Gasteiger partial charge >= 0.3 is 5.97 Å². The molecule has 1 aromatic heterocycles. The largest absolute Gasteiger partial charge is 0.481 e. The number of hydrogen-bond donors (Lipinski definition) is 2. The molecule has 0 spiro atoms. The molecular weight excluding hydrogens is 292 g/mol. The van der Waals surface area contributed by atoms with Gasteiger partial charge in [0.25, 0.3) is 0 Å². The third-order valence-corrected chi connectivity index (χ3v) is 3.82. The molecule has 0 saturated heterocycles. The molecule has 0 fully saturated rings. The van der Waals surface area contributed by atoms with Crippen molar-refractivity contribution < 1.29 is 15.0 Å². The predicted molar refractivity (Wildman–Crippen MR) is 88.2 cm³/mol. The van der Waals surface area contributed by atoms with Crippen LogP contribution in [0.3, 0.4) is 0 Å². The molecular formula is C18H18N2O3. The van der Waals surface area contributed by atoms with Crippen LogP contribution in [0.5, 0.6) is 0 Å². The molecule has 118 valence electrons. The van der Waals surface area contributed by atoms with Crippen LogP contribution in [-0.2, 0) is 17.8 Å². The van der Waals surface area contributed by atoms with Crippen LogP contribution in [0.2, 0.25) is 0 Å². The molecule has 0 aliphatic heterocycles. The van der Waals surface area contributed by atoms with Crippen LogP contribution in [0.4, 0.5) is 0 Å². The molecule has 23 heavy (non-hydrogen) atoms. The van der Waals surface area contributed by atoms with Crippen LogP contribution in [0, 0.1) is 0 Å². The van der Waals surface area contributed by atoms with Gasteiger partial charge in [0.2, 0.25) is 0 Å². The first-order valence-electron chi connectivity index (χ1n) is 7.56. The normalized spacial score (nSPS) is 11.0. The van der Waals surface area contributed by atoms with Crippen LogP contribution >= 0.6 is 0 Å². The minimum atomic E-state index is -0.793. The Labute approximate surface area is 133 Å². The van der Waals surface area contributed by atoms with E-state index in [4.69, 9.17) is 5.11 Å².